The van der Waals surface area contributed by atoms with Crippen LogP contribution in [0.4, 0.5) is 5.69 Å². The summed E-state index contributed by atoms with van der Waals surface area (Å²) in [6, 6.07) is 5.51. The third kappa shape index (κ3) is 2.79. The Bertz CT molecular complexity index is 643. The first-order valence-electron chi connectivity index (χ1n) is 8.57. The molecule has 24 heavy (non-hydrogen) atoms. The van der Waals surface area contributed by atoms with Gasteiger partial charge in [0.05, 0.1) is 16.1 Å². The topological polar surface area (TPSA) is 82.0 Å². The van der Waals surface area contributed by atoms with Crippen LogP contribution in [0.25, 0.3) is 0 Å². The van der Waals surface area contributed by atoms with E-state index in [2.05, 4.69) is 13.8 Å². The van der Waals surface area contributed by atoms with Crippen molar-refractivity contribution in [2.24, 2.45) is 0 Å². The van der Waals surface area contributed by atoms with Gasteiger partial charge in [-0.2, -0.15) is 0 Å². The van der Waals surface area contributed by atoms with Crippen LogP contribution in [0.5, 0.6) is 0 Å². The fourth-order valence-electron chi connectivity index (χ4n) is 3.87. The highest BCUT2D eigenvalue weighted by Gasteiger charge is 2.74. The number of non-ortho nitro benzene ring substituents is 1. The molecule has 1 aromatic rings. The van der Waals surface area contributed by atoms with E-state index >= 15 is 0 Å². The number of nitro groups is 1. The number of epoxide rings is 1. The molecule has 1 aliphatic carbocycles. The van der Waals surface area contributed by atoms with Gasteiger partial charge in [-0.15, -0.1) is 0 Å². The van der Waals surface area contributed by atoms with Gasteiger partial charge in [0.1, 0.15) is 11.7 Å². The SMILES string of the molecule is CCCCCC12OC1(C)CCC2OC(=O)c1ccc([N+](=O)[O-])cc1. The summed E-state index contributed by atoms with van der Waals surface area (Å²) < 4.78 is 11.7. The van der Waals surface area contributed by atoms with Gasteiger partial charge >= 0.3 is 5.97 Å². The number of esters is 1. The molecule has 0 N–H and O–H groups in total. The van der Waals surface area contributed by atoms with Crippen molar-refractivity contribution in [3.63, 3.8) is 0 Å². The van der Waals surface area contributed by atoms with Gasteiger partial charge in [-0.05, 0) is 38.3 Å². The van der Waals surface area contributed by atoms with Gasteiger partial charge in [-0.25, -0.2) is 4.79 Å². The number of nitro benzene ring substituents is 1. The maximum atomic E-state index is 12.4. The number of benzene rings is 1. The lowest BCUT2D eigenvalue weighted by molar-refractivity contribution is -0.384. The van der Waals surface area contributed by atoms with Crippen molar-refractivity contribution in [2.75, 3.05) is 0 Å². The summed E-state index contributed by atoms with van der Waals surface area (Å²) >= 11 is 0. The maximum Gasteiger partial charge on any atom is 0.338 e. The van der Waals surface area contributed by atoms with Crippen molar-refractivity contribution in [1.82, 2.24) is 0 Å². The Kier molecular flexibility index (Phi) is 4.34. The van der Waals surface area contributed by atoms with Crippen LogP contribution in [0.15, 0.2) is 24.3 Å². The van der Waals surface area contributed by atoms with Crippen molar-refractivity contribution < 1.29 is 19.2 Å². The molecule has 0 aromatic heterocycles. The Balaban J connectivity index is 1.66. The normalized spacial score (nSPS) is 30.7. The van der Waals surface area contributed by atoms with Crippen LogP contribution in [-0.4, -0.2) is 28.2 Å². The van der Waals surface area contributed by atoms with Crippen LogP contribution in [-0.2, 0) is 9.47 Å². The van der Waals surface area contributed by atoms with E-state index in [9.17, 15) is 14.9 Å². The van der Waals surface area contributed by atoms with Gasteiger partial charge in [-0.3, -0.25) is 10.1 Å². The molecule has 3 atom stereocenters. The first kappa shape index (κ1) is 16.9. The van der Waals surface area contributed by atoms with E-state index in [1.165, 1.54) is 24.3 Å². The number of carbonyl (C=O) groups is 1. The van der Waals surface area contributed by atoms with Crippen LogP contribution in [0.1, 0.15) is 62.7 Å². The van der Waals surface area contributed by atoms with Crippen LogP contribution in [0.2, 0.25) is 0 Å². The standard InChI is InChI=1S/C18H23NO5/c1-3-4-5-11-18-15(10-12-17(18,2)24-18)23-16(20)13-6-8-14(9-7-13)19(21)22/h6-9,15H,3-5,10-12H2,1-2H3. The molecule has 3 rings (SSSR count). The van der Waals surface area contributed by atoms with Crippen LogP contribution in [0.3, 0.4) is 0 Å². The fraction of sp³-hybridized carbons (Fsp3) is 0.611. The van der Waals surface area contributed by atoms with E-state index in [4.69, 9.17) is 9.47 Å². The minimum atomic E-state index is -0.488. The molecule has 3 unspecified atom stereocenters. The Hall–Kier alpha value is -1.95. The molecule has 130 valence electrons. The summed E-state index contributed by atoms with van der Waals surface area (Å²) in [6.45, 7) is 4.25. The zero-order chi connectivity index (χ0) is 17.4. The minimum Gasteiger partial charge on any atom is -0.456 e. The highest BCUT2D eigenvalue weighted by atomic mass is 16.7. The number of unbranched alkanes of at least 4 members (excludes halogenated alkanes) is 2. The molecule has 6 heteroatoms. The molecule has 1 aromatic carbocycles. The predicted octanol–water partition coefficient (Wildman–Crippen LogP) is 4.02. The molecule has 6 nitrogen and oxygen atoms in total. The van der Waals surface area contributed by atoms with E-state index in [0.717, 1.165) is 38.5 Å². The summed E-state index contributed by atoms with van der Waals surface area (Å²) in [7, 11) is 0. The number of ether oxygens (including phenoxy) is 2. The molecule has 0 bridgehead atoms. The lowest BCUT2D eigenvalue weighted by Gasteiger charge is -2.21. The van der Waals surface area contributed by atoms with E-state index in [0.29, 0.717) is 5.56 Å². The first-order valence-corrected chi connectivity index (χ1v) is 8.57. The van der Waals surface area contributed by atoms with Gasteiger partial charge in [-0.1, -0.05) is 26.2 Å². The molecule has 1 saturated heterocycles. The summed E-state index contributed by atoms with van der Waals surface area (Å²) in [5.41, 5.74) is -0.208. The summed E-state index contributed by atoms with van der Waals surface area (Å²) in [6.07, 6.45) is 5.73. The van der Waals surface area contributed by atoms with E-state index < -0.39 is 10.9 Å². The number of rotatable bonds is 7. The minimum absolute atomic E-state index is 0.0402. The van der Waals surface area contributed by atoms with Crippen molar-refractivity contribution in [3.8, 4) is 0 Å². The average Bonchev–Trinajstić information content (AvgIpc) is 3.08. The molecule has 2 fully saturated rings. The van der Waals surface area contributed by atoms with E-state index in [1.54, 1.807) is 0 Å². The van der Waals surface area contributed by atoms with Crippen LogP contribution in [0, 0.1) is 10.1 Å². The van der Waals surface area contributed by atoms with Gasteiger partial charge < -0.3 is 9.47 Å². The number of hydrogen-bond acceptors (Lipinski definition) is 5. The molecular formula is C18H23NO5. The van der Waals surface area contributed by atoms with Crippen LogP contribution >= 0.6 is 0 Å². The largest absolute Gasteiger partial charge is 0.456 e. The number of nitrogens with zero attached hydrogens (tertiary/aromatic N) is 1. The maximum absolute atomic E-state index is 12.4. The molecular weight excluding hydrogens is 310 g/mol. The zero-order valence-corrected chi connectivity index (χ0v) is 14.1. The van der Waals surface area contributed by atoms with Crippen molar-refractivity contribution >= 4 is 11.7 Å². The van der Waals surface area contributed by atoms with Gasteiger partial charge in [0.25, 0.3) is 5.69 Å². The highest BCUT2D eigenvalue weighted by Crippen LogP contribution is 2.62. The second kappa shape index (κ2) is 6.16. The third-order valence-corrected chi connectivity index (χ3v) is 5.38. The summed E-state index contributed by atoms with van der Waals surface area (Å²) in [5, 5.41) is 10.7. The summed E-state index contributed by atoms with van der Waals surface area (Å²) in [4.78, 5) is 22.6. The average molecular weight is 333 g/mol. The third-order valence-electron chi connectivity index (χ3n) is 5.38. The first-order chi connectivity index (χ1) is 11.4. The quantitative estimate of drug-likeness (QED) is 0.247. The van der Waals surface area contributed by atoms with Gasteiger partial charge in [0.2, 0.25) is 0 Å². The number of fused-ring (bicyclic) bond motifs is 1. The lowest BCUT2D eigenvalue weighted by Crippen LogP contribution is -2.34. The van der Waals surface area contributed by atoms with Crippen molar-refractivity contribution in [3.05, 3.63) is 39.9 Å². The Morgan fingerprint density at radius 1 is 1.38 bits per heavy atom. The van der Waals surface area contributed by atoms with Gasteiger partial charge in [0, 0.05) is 12.1 Å². The Morgan fingerprint density at radius 2 is 2.08 bits per heavy atom. The van der Waals surface area contributed by atoms with Crippen molar-refractivity contribution in [1.29, 1.82) is 0 Å². The highest BCUT2D eigenvalue weighted by molar-refractivity contribution is 5.89. The van der Waals surface area contributed by atoms with Gasteiger partial charge in [0.15, 0.2) is 0 Å². The number of hydrogen-bond donors (Lipinski definition) is 0. The smallest absolute Gasteiger partial charge is 0.338 e. The second-order valence-electron chi connectivity index (χ2n) is 6.92. The van der Waals surface area contributed by atoms with E-state index in [-0.39, 0.29) is 23.0 Å². The predicted molar refractivity (Wildman–Crippen MR) is 87.9 cm³/mol. The Labute approximate surface area is 141 Å². The Morgan fingerprint density at radius 3 is 2.67 bits per heavy atom. The molecule has 1 heterocycles. The lowest BCUT2D eigenvalue weighted by atomic mass is 9.90. The zero-order valence-electron chi connectivity index (χ0n) is 14.1. The monoisotopic (exact) mass is 333 g/mol. The number of carbonyl (C=O) groups excluding carboxylic acids is 1. The van der Waals surface area contributed by atoms with E-state index in [1.807, 2.05) is 0 Å². The fourth-order valence-corrected chi connectivity index (χ4v) is 3.87. The van der Waals surface area contributed by atoms with Crippen LogP contribution < -0.4 is 0 Å². The second-order valence-corrected chi connectivity index (χ2v) is 6.92. The molecule has 0 spiro atoms. The molecule has 1 aliphatic heterocycles. The molecule has 1 saturated carbocycles. The summed E-state index contributed by atoms with van der Waals surface area (Å²) in [5.74, 6) is -0.440. The molecule has 2 aliphatic rings. The van der Waals surface area contributed by atoms with Crippen molar-refractivity contribution in [2.45, 2.75) is 69.7 Å². The molecule has 0 amide bonds. The molecule has 0 radical (unpaired) electrons.